The smallest absolute Gasteiger partial charge is 0.314 e. The number of ether oxygens (including phenoxy) is 1. The fourth-order valence-electron chi connectivity index (χ4n) is 2.31. The Hall–Kier alpha value is -1.71. The molecule has 0 saturated heterocycles. The van der Waals surface area contributed by atoms with Crippen molar-refractivity contribution in [3.05, 3.63) is 23.8 Å². The minimum Gasteiger partial charge on any atom is -0.504 e. The lowest BCUT2D eigenvalue weighted by Crippen LogP contribution is -2.42. The molecule has 1 aromatic rings. The number of phenolic OH excluding ortho intramolecular Hbond substituents is 1. The van der Waals surface area contributed by atoms with E-state index in [4.69, 9.17) is 4.74 Å². The van der Waals surface area contributed by atoms with Crippen molar-refractivity contribution in [3.8, 4) is 11.5 Å². The molecule has 0 heterocycles. The molecule has 0 atom stereocenters. The first-order valence-electron chi connectivity index (χ1n) is 5.80. The lowest BCUT2D eigenvalue weighted by Gasteiger charge is -2.38. The van der Waals surface area contributed by atoms with Crippen LogP contribution in [0.15, 0.2) is 18.2 Å². The summed E-state index contributed by atoms with van der Waals surface area (Å²) in [6, 6.07) is 5.05. The molecule has 1 aromatic carbocycles. The fourth-order valence-corrected chi connectivity index (χ4v) is 2.31. The van der Waals surface area contributed by atoms with Crippen LogP contribution in [0.3, 0.4) is 0 Å². The number of hydrogen-bond acceptors (Lipinski definition) is 3. The monoisotopic (exact) mass is 236 g/mol. The summed E-state index contributed by atoms with van der Waals surface area (Å²) in [6.45, 7) is 2.26. The Kier molecular flexibility index (Phi) is 2.96. The maximum atomic E-state index is 11.4. The molecule has 0 amide bonds. The van der Waals surface area contributed by atoms with Crippen molar-refractivity contribution in [2.75, 3.05) is 6.61 Å². The lowest BCUT2D eigenvalue weighted by atomic mass is 9.64. The summed E-state index contributed by atoms with van der Waals surface area (Å²) in [5.41, 5.74) is -0.445. The predicted octanol–water partition coefficient (Wildman–Crippen LogP) is 2.30. The Bertz CT molecular complexity index is 435. The number of hydrogen-bond donors (Lipinski definition) is 2. The van der Waals surface area contributed by atoms with Gasteiger partial charge in [0, 0.05) is 5.56 Å². The molecule has 2 rings (SSSR count). The Morgan fingerprint density at radius 1 is 1.47 bits per heavy atom. The predicted molar refractivity (Wildman–Crippen MR) is 62.4 cm³/mol. The number of rotatable bonds is 4. The molecule has 1 saturated carbocycles. The molecule has 0 unspecified atom stereocenters. The zero-order valence-electron chi connectivity index (χ0n) is 9.77. The summed E-state index contributed by atoms with van der Waals surface area (Å²) >= 11 is 0. The molecule has 4 heteroatoms. The molecule has 0 aliphatic heterocycles. The summed E-state index contributed by atoms with van der Waals surface area (Å²) in [4.78, 5) is 11.4. The summed E-state index contributed by atoms with van der Waals surface area (Å²) in [6.07, 6.45) is 2.03. The number of benzene rings is 1. The number of carboxylic acid groups (broad SMARTS) is 1. The van der Waals surface area contributed by atoms with Crippen LogP contribution >= 0.6 is 0 Å². The average molecular weight is 236 g/mol. The van der Waals surface area contributed by atoms with Crippen molar-refractivity contribution in [1.29, 1.82) is 0 Å². The number of phenols is 1. The van der Waals surface area contributed by atoms with Gasteiger partial charge >= 0.3 is 5.97 Å². The zero-order chi connectivity index (χ0) is 12.5. The molecule has 1 fully saturated rings. The van der Waals surface area contributed by atoms with Gasteiger partial charge in [-0.05, 0) is 25.8 Å². The van der Waals surface area contributed by atoms with Crippen molar-refractivity contribution in [2.45, 2.75) is 31.6 Å². The van der Waals surface area contributed by atoms with Crippen LogP contribution in [0.5, 0.6) is 11.5 Å². The third-order valence-corrected chi connectivity index (χ3v) is 3.43. The lowest BCUT2D eigenvalue weighted by molar-refractivity contribution is -0.147. The topological polar surface area (TPSA) is 66.8 Å². The highest BCUT2D eigenvalue weighted by molar-refractivity contribution is 5.84. The van der Waals surface area contributed by atoms with Crippen LogP contribution in [-0.2, 0) is 10.2 Å². The van der Waals surface area contributed by atoms with E-state index in [0.29, 0.717) is 30.8 Å². The molecule has 0 radical (unpaired) electrons. The van der Waals surface area contributed by atoms with Crippen LogP contribution < -0.4 is 4.74 Å². The number of aromatic hydroxyl groups is 1. The molecular weight excluding hydrogens is 220 g/mol. The molecule has 1 aliphatic rings. The van der Waals surface area contributed by atoms with E-state index >= 15 is 0 Å². The van der Waals surface area contributed by atoms with E-state index in [2.05, 4.69) is 0 Å². The summed E-state index contributed by atoms with van der Waals surface area (Å²) in [7, 11) is 0. The molecular formula is C13H16O4. The van der Waals surface area contributed by atoms with Gasteiger partial charge < -0.3 is 14.9 Å². The van der Waals surface area contributed by atoms with Crippen LogP contribution in [-0.4, -0.2) is 22.8 Å². The van der Waals surface area contributed by atoms with E-state index in [0.717, 1.165) is 6.42 Å². The highest BCUT2D eigenvalue weighted by Gasteiger charge is 2.47. The fraction of sp³-hybridized carbons (Fsp3) is 0.462. The van der Waals surface area contributed by atoms with E-state index in [1.165, 1.54) is 0 Å². The van der Waals surface area contributed by atoms with E-state index < -0.39 is 11.4 Å². The van der Waals surface area contributed by atoms with Gasteiger partial charge in [-0.25, -0.2) is 0 Å². The molecule has 0 bridgehead atoms. The van der Waals surface area contributed by atoms with Gasteiger partial charge in [-0.15, -0.1) is 0 Å². The van der Waals surface area contributed by atoms with Crippen LogP contribution in [0.2, 0.25) is 0 Å². The molecule has 2 N–H and O–H groups in total. The molecule has 0 aromatic heterocycles. The second-order valence-electron chi connectivity index (χ2n) is 4.33. The Morgan fingerprint density at radius 2 is 2.18 bits per heavy atom. The van der Waals surface area contributed by atoms with Gasteiger partial charge in [0.2, 0.25) is 0 Å². The van der Waals surface area contributed by atoms with Crippen LogP contribution in [0, 0.1) is 0 Å². The summed E-state index contributed by atoms with van der Waals surface area (Å²) in [5, 5.41) is 19.4. The Balaban J connectivity index is 2.45. The first kappa shape index (κ1) is 11.8. The van der Waals surface area contributed by atoms with E-state index in [-0.39, 0.29) is 5.75 Å². The Labute approximate surface area is 99.8 Å². The van der Waals surface area contributed by atoms with Crippen molar-refractivity contribution in [1.82, 2.24) is 0 Å². The van der Waals surface area contributed by atoms with Crippen molar-refractivity contribution in [2.24, 2.45) is 0 Å². The Morgan fingerprint density at radius 3 is 2.65 bits per heavy atom. The third kappa shape index (κ3) is 1.73. The van der Waals surface area contributed by atoms with Gasteiger partial charge in [0.1, 0.15) is 0 Å². The minimum absolute atomic E-state index is 0.0311. The van der Waals surface area contributed by atoms with Gasteiger partial charge in [-0.1, -0.05) is 18.6 Å². The maximum absolute atomic E-state index is 11.4. The molecule has 0 spiro atoms. The van der Waals surface area contributed by atoms with Gasteiger partial charge in [-0.2, -0.15) is 0 Å². The maximum Gasteiger partial charge on any atom is 0.314 e. The first-order chi connectivity index (χ1) is 8.12. The van der Waals surface area contributed by atoms with Crippen LogP contribution in [0.25, 0.3) is 0 Å². The highest BCUT2D eigenvalue weighted by Crippen LogP contribution is 2.49. The molecule has 92 valence electrons. The second-order valence-corrected chi connectivity index (χ2v) is 4.33. The van der Waals surface area contributed by atoms with Gasteiger partial charge in [0.05, 0.1) is 12.0 Å². The van der Waals surface area contributed by atoms with E-state index in [1.54, 1.807) is 18.2 Å². The van der Waals surface area contributed by atoms with Crippen LogP contribution in [0.1, 0.15) is 31.7 Å². The standard InChI is InChI=1S/C13H16O4/c1-2-17-10-6-3-5-9(11(10)14)13(12(15)16)7-4-8-13/h3,5-6,14H,2,4,7-8H2,1H3,(H,15,16). The summed E-state index contributed by atoms with van der Waals surface area (Å²) in [5.74, 6) is -0.540. The number of para-hydroxylation sites is 1. The van der Waals surface area contributed by atoms with Crippen molar-refractivity contribution >= 4 is 5.97 Å². The number of aliphatic carboxylic acids is 1. The van der Waals surface area contributed by atoms with Gasteiger partial charge in [0.25, 0.3) is 0 Å². The third-order valence-electron chi connectivity index (χ3n) is 3.43. The van der Waals surface area contributed by atoms with Crippen molar-refractivity contribution < 1.29 is 19.7 Å². The second kappa shape index (κ2) is 4.28. The van der Waals surface area contributed by atoms with Crippen LogP contribution in [0.4, 0.5) is 0 Å². The zero-order valence-corrected chi connectivity index (χ0v) is 9.77. The van der Waals surface area contributed by atoms with Gasteiger partial charge in [0.15, 0.2) is 11.5 Å². The molecule has 1 aliphatic carbocycles. The molecule has 17 heavy (non-hydrogen) atoms. The largest absolute Gasteiger partial charge is 0.504 e. The number of carbonyl (C=O) groups is 1. The SMILES string of the molecule is CCOc1cccc(C2(C(=O)O)CCC2)c1O. The normalized spacial score (nSPS) is 17.2. The van der Waals surface area contributed by atoms with E-state index in [9.17, 15) is 15.0 Å². The summed E-state index contributed by atoms with van der Waals surface area (Å²) < 4.78 is 5.28. The van der Waals surface area contributed by atoms with E-state index in [1.807, 2.05) is 6.92 Å². The number of carboxylic acids is 1. The first-order valence-corrected chi connectivity index (χ1v) is 5.80. The highest BCUT2D eigenvalue weighted by atomic mass is 16.5. The molecule has 4 nitrogen and oxygen atoms in total. The average Bonchev–Trinajstić information content (AvgIpc) is 2.21. The van der Waals surface area contributed by atoms with Gasteiger partial charge in [-0.3, -0.25) is 4.79 Å². The minimum atomic E-state index is -0.919. The quantitative estimate of drug-likeness (QED) is 0.841. The van der Waals surface area contributed by atoms with Crippen molar-refractivity contribution in [3.63, 3.8) is 0 Å².